The molecule has 0 aromatic carbocycles. The highest BCUT2D eigenvalue weighted by Crippen LogP contribution is 2.21. The molecule has 0 saturated carbocycles. The van der Waals surface area contributed by atoms with E-state index in [0.717, 1.165) is 16.6 Å². The van der Waals surface area contributed by atoms with Gasteiger partial charge in [0, 0.05) is 25.6 Å². The number of amides is 1. The van der Waals surface area contributed by atoms with Gasteiger partial charge in [-0.05, 0) is 37.1 Å². The van der Waals surface area contributed by atoms with Gasteiger partial charge >= 0.3 is 0 Å². The SMILES string of the molecule is Cc1ccc2c(C(=O)N(C)C(C)c3cccnc3)cnn2c1. The number of aromatic nitrogens is 3. The maximum atomic E-state index is 12.8. The summed E-state index contributed by atoms with van der Waals surface area (Å²) >= 11 is 0. The molecule has 0 aliphatic heterocycles. The predicted molar refractivity (Wildman–Crippen MR) is 84.7 cm³/mol. The minimum Gasteiger partial charge on any atom is -0.335 e. The summed E-state index contributed by atoms with van der Waals surface area (Å²) in [4.78, 5) is 18.6. The molecule has 1 atom stereocenters. The lowest BCUT2D eigenvalue weighted by atomic mass is 10.1. The van der Waals surface area contributed by atoms with Gasteiger partial charge in [0.2, 0.25) is 0 Å². The van der Waals surface area contributed by atoms with Crippen LogP contribution in [-0.4, -0.2) is 32.5 Å². The van der Waals surface area contributed by atoms with Crippen LogP contribution in [0.15, 0.2) is 49.1 Å². The van der Waals surface area contributed by atoms with Crippen LogP contribution >= 0.6 is 0 Å². The smallest absolute Gasteiger partial charge is 0.257 e. The molecule has 3 heterocycles. The molecule has 0 aliphatic rings. The van der Waals surface area contributed by atoms with Gasteiger partial charge in [0.15, 0.2) is 0 Å². The third-order valence-electron chi connectivity index (χ3n) is 3.96. The van der Waals surface area contributed by atoms with Crippen LogP contribution < -0.4 is 0 Å². The Morgan fingerprint density at radius 1 is 1.27 bits per heavy atom. The van der Waals surface area contributed by atoms with Gasteiger partial charge < -0.3 is 4.90 Å². The molecule has 0 N–H and O–H groups in total. The first-order chi connectivity index (χ1) is 10.6. The highest BCUT2D eigenvalue weighted by Gasteiger charge is 2.22. The lowest BCUT2D eigenvalue weighted by Gasteiger charge is -2.24. The molecule has 0 saturated heterocycles. The quantitative estimate of drug-likeness (QED) is 0.746. The van der Waals surface area contributed by atoms with E-state index in [9.17, 15) is 4.79 Å². The topological polar surface area (TPSA) is 50.5 Å². The van der Waals surface area contributed by atoms with Crippen LogP contribution in [0.3, 0.4) is 0 Å². The first-order valence-corrected chi connectivity index (χ1v) is 7.19. The van der Waals surface area contributed by atoms with E-state index in [1.807, 2.05) is 44.3 Å². The van der Waals surface area contributed by atoms with Crippen molar-refractivity contribution in [1.29, 1.82) is 0 Å². The van der Waals surface area contributed by atoms with E-state index in [0.29, 0.717) is 5.56 Å². The molecule has 0 spiro atoms. The standard InChI is InChI=1S/C17H18N4O/c1-12-6-7-16-15(10-19-21(16)11-12)17(22)20(3)13(2)14-5-4-8-18-9-14/h4-11,13H,1-3H3. The van der Waals surface area contributed by atoms with Gasteiger partial charge in [-0.1, -0.05) is 12.1 Å². The molecule has 5 nitrogen and oxygen atoms in total. The van der Waals surface area contributed by atoms with Gasteiger partial charge in [-0.3, -0.25) is 9.78 Å². The van der Waals surface area contributed by atoms with Crippen molar-refractivity contribution in [3.63, 3.8) is 0 Å². The summed E-state index contributed by atoms with van der Waals surface area (Å²) in [5.74, 6) is -0.0461. The van der Waals surface area contributed by atoms with Crippen LogP contribution in [-0.2, 0) is 0 Å². The Labute approximate surface area is 129 Å². The number of pyridine rings is 2. The second-order valence-corrected chi connectivity index (χ2v) is 5.47. The second-order valence-electron chi connectivity index (χ2n) is 5.47. The monoisotopic (exact) mass is 294 g/mol. The Morgan fingerprint density at radius 2 is 2.09 bits per heavy atom. The third-order valence-corrected chi connectivity index (χ3v) is 3.96. The van der Waals surface area contributed by atoms with Crippen LogP contribution in [0.5, 0.6) is 0 Å². The first kappa shape index (κ1) is 14.3. The van der Waals surface area contributed by atoms with Crippen molar-refractivity contribution in [3.05, 3.63) is 65.7 Å². The minimum atomic E-state index is -0.0541. The number of hydrogen-bond acceptors (Lipinski definition) is 3. The predicted octanol–water partition coefficient (Wildman–Crippen LogP) is 2.87. The molecule has 22 heavy (non-hydrogen) atoms. The number of hydrogen-bond donors (Lipinski definition) is 0. The van der Waals surface area contributed by atoms with E-state index in [2.05, 4.69) is 10.1 Å². The molecule has 0 fully saturated rings. The average Bonchev–Trinajstić information content (AvgIpc) is 2.96. The largest absolute Gasteiger partial charge is 0.335 e. The summed E-state index contributed by atoms with van der Waals surface area (Å²) in [5, 5.41) is 4.27. The number of fused-ring (bicyclic) bond motifs is 1. The van der Waals surface area contributed by atoms with Crippen molar-refractivity contribution >= 4 is 11.4 Å². The van der Waals surface area contributed by atoms with Crippen LogP contribution in [0.25, 0.3) is 5.52 Å². The third kappa shape index (κ3) is 2.45. The molecule has 112 valence electrons. The fourth-order valence-corrected chi connectivity index (χ4v) is 2.46. The van der Waals surface area contributed by atoms with Gasteiger partial charge in [-0.25, -0.2) is 4.52 Å². The summed E-state index contributed by atoms with van der Waals surface area (Å²) in [6, 6.07) is 7.71. The Morgan fingerprint density at radius 3 is 2.82 bits per heavy atom. The Hall–Kier alpha value is -2.69. The lowest BCUT2D eigenvalue weighted by Crippen LogP contribution is -2.29. The molecule has 3 aromatic heterocycles. The zero-order chi connectivity index (χ0) is 15.7. The van der Waals surface area contributed by atoms with E-state index in [1.165, 1.54) is 0 Å². The molecule has 1 unspecified atom stereocenters. The van der Waals surface area contributed by atoms with E-state index >= 15 is 0 Å². The highest BCUT2D eigenvalue weighted by molar-refractivity contribution is 6.00. The summed E-state index contributed by atoms with van der Waals surface area (Å²) in [6.45, 7) is 3.99. The summed E-state index contributed by atoms with van der Waals surface area (Å²) in [6.07, 6.45) is 7.06. The zero-order valence-corrected chi connectivity index (χ0v) is 12.9. The van der Waals surface area contributed by atoms with Gasteiger partial charge in [-0.15, -0.1) is 0 Å². The van der Waals surface area contributed by atoms with Crippen molar-refractivity contribution in [3.8, 4) is 0 Å². The van der Waals surface area contributed by atoms with E-state index in [-0.39, 0.29) is 11.9 Å². The fraction of sp³-hybridized carbons (Fsp3) is 0.235. The van der Waals surface area contributed by atoms with E-state index in [1.54, 1.807) is 35.1 Å². The second kappa shape index (κ2) is 5.60. The molecule has 5 heteroatoms. The summed E-state index contributed by atoms with van der Waals surface area (Å²) in [5.41, 5.74) is 3.54. The Bertz CT molecular complexity index is 810. The molecule has 0 aliphatic carbocycles. The van der Waals surface area contributed by atoms with E-state index in [4.69, 9.17) is 0 Å². The molecule has 1 amide bonds. The first-order valence-electron chi connectivity index (χ1n) is 7.19. The van der Waals surface area contributed by atoms with Crippen LogP contribution in [0.4, 0.5) is 0 Å². The number of aryl methyl sites for hydroxylation is 1. The fourth-order valence-electron chi connectivity index (χ4n) is 2.46. The molecular weight excluding hydrogens is 276 g/mol. The van der Waals surface area contributed by atoms with Crippen LogP contribution in [0.1, 0.15) is 34.5 Å². The number of rotatable bonds is 3. The normalized spacial score (nSPS) is 12.3. The molecule has 0 radical (unpaired) electrons. The number of nitrogens with zero attached hydrogens (tertiary/aromatic N) is 4. The number of carbonyl (C=O) groups is 1. The molecule has 3 aromatic rings. The maximum Gasteiger partial charge on any atom is 0.257 e. The minimum absolute atomic E-state index is 0.0461. The van der Waals surface area contributed by atoms with Crippen LogP contribution in [0, 0.1) is 6.92 Å². The van der Waals surface area contributed by atoms with Crippen molar-refractivity contribution < 1.29 is 4.79 Å². The maximum absolute atomic E-state index is 12.8. The Kier molecular flexibility index (Phi) is 3.63. The molecular formula is C17H18N4O. The summed E-state index contributed by atoms with van der Waals surface area (Å²) in [7, 11) is 1.80. The van der Waals surface area contributed by atoms with Gasteiger partial charge in [0.25, 0.3) is 5.91 Å². The zero-order valence-electron chi connectivity index (χ0n) is 12.9. The van der Waals surface area contributed by atoms with Crippen molar-refractivity contribution in [2.45, 2.75) is 19.9 Å². The average molecular weight is 294 g/mol. The van der Waals surface area contributed by atoms with Crippen LogP contribution in [0.2, 0.25) is 0 Å². The van der Waals surface area contributed by atoms with Crippen molar-refractivity contribution in [1.82, 2.24) is 19.5 Å². The Balaban J connectivity index is 1.92. The number of carbonyl (C=O) groups excluding carboxylic acids is 1. The van der Waals surface area contributed by atoms with E-state index < -0.39 is 0 Å². The van der Waals surface area contributed by atoms with Gasteiger partial charge in [0.1, 0.15) is 0 Å². The summed E-state index contributed by atoms with van der Waals surface area (Å²) < 4.78 is 1.74. The molecule has 0 bridgehead atoms. The van der Waals surface area contributed by atoms with Gasteiger partial charge in [-0.2, -0.15) is 5.10 Å². The van der Waals surface area contributed by atoms with Gasteiger partial charge in [0.05, 0.1) is 23.3 Å². The van der Waals surface area contributed by atoms with Crippen molar-refractivity contribution in [2.24, 2.45) is 0 Å². The molecule has 3 rings (SSSR count). The lowest BCUT2D eigenvalue weighted by molar-refractivity contribution is 0.0744. The highest BCUT2D eigenvalue weighted by atomic mass is 16.2. The van der Waals surface area contributed by atoms with Crippen molar-refractivity contribution in [2.75, 3.05) is 7.05 Å².